The lowest BCUT2D eigenvalue weighted by molar-refractivity contribution is -0.121. The number of benzene rings is 1. The molecule has 2 aromatic heterocycles. The van der Waals surface area contributed by atoms with Crippen LogP contribution in [0.3, 0.4) is 0 Å². The van der Waals surface area contributed by atoms with Gasteiger partial charge in [-0.25, -0.2) is 14.3 Å². The van der Waals surface area contributed by atoms with Gasteiger partial charge < -0.3 is 9.88 Å². The second-order valence-electron chi connectivity index (χ2n) is 7.30. The summed E-state index contributed by atoms with van der Waals surface area (Å²) >= 11 is 0. The lowest BCUT2D eigenvalue weighted by atomic mass is 10.2. The number of hydrogen-bond donors (Lipinski definition) is 1. The molecule has 0 radical (unpaired) electrons. The molecule has 0 aliphatic rings. The summed E-state index contributed by atoms with van der Waals surface area (Å²) in [5, 5.41) is 2.61. The number of carbonyl (C=O) groups excluding carboxylic acids is 1. The van der Waals surface area contributed by atoms with Crippen LogP contribution in [0, 0.1) is 5.92 Å². The largest absolute Gasteiger partial charge is 0.351 e. The van der Waals surface area contributed by atoms with Gasteiger partial charge in [0, 0.05) is 13.1 Å². The van der Waals surface area contributed by atoms with Crippen molar-refractivity contribution in [3.63, 3.8) is 0 Å². The molecule has 0 aliphatic carbocycles. The van der Waals surface area contributed by atoms with Crippen molar-refractivity contribution in [2.24, 2.45) is 5.92 Å². The minimum atomic E-state index is -0.560. The van der Waals surface area contributed by atoms with Crippen LogP contribution in [-0.2, 0) is 24.4 Å². The van der Waals surface area contributed by atoms with Gasteiger partial charge in [-0.15, -0.1) is 6.58 Å². The van der Waals surface area contributed by atoms with Crippen molar-refractivity contribution in [1.29, 1.82) is 0 Å². The minimum absolute atomic E-state index is 0.253. The first-order valence-electron chi connectivity index (χ1n) is 9.52. The lowest BCUT2D eigenvalue weighted by Gasteiger charge is -2.13. The van der Waals surface area contributed by atoms with Crippen LogP contribution in [0.4, 0.5) is 0 Å². The van der Waals surface area contributed by atoms with E-state index in [1.807, 2.05) is 44.2 Å². The van der Waals surface area contributed by atoms with Crippen LogP contribution in [0.15, 0.2) is 58.9 Å². The molecule has 0 aliphatic heterocycles. The summed E-state index contributed by atoms with van der Waals surface area (Å²) in [5.74, 6) is -0.143. The molecule has 0 fully saturated rings. The predicted octanol–water partition coefficient (Wildman–Crippen LogP) is 1.37. The Hall–Kier alpha value is -3.42. The third-order valence-corrected chi connectivity index (χ3v) is 4.47. The standard InChI is InChI=1S/C21H25N5O3/c1-4-10-22-17(27)13-26-20(28)18-19(23-14-24(18)11-15(2)3)25(21(26)29)12-16-8-6-5-7-9-16/h4-9,14-15H,1,10-13H2,2-3H3,(H,22,27). The highest BCUT2D eigenvalue weighted by atomic mass is 16.2. The van der Waals surface area contributed by atoms with Gasteiger partial charge in [-0.1, -0.05) is 50.3 Å². The maximum absolute atomic E-state index is 13.1. The maximum Gasteiger partial charge on any atom is 0.333 e. The van der Waals surface area contributed by atoms with Gasteiger partial charge in [0.15, 0.2) is 11.2 Å². The van der Waals surface area contributed by atoms with E-state index in [-0.39, 0.29) is 25.6 Å². The molecule has 1 N–H and O–H groups in total. The highest BCUT2D eigenvalue weighted by Gasteiger charge is 2.20. The summed E-state index contributed by atoms with van der Waals surface area (Å²) in [5.41, 5.74) is 0.477. The van der Waals surface area contributed by atoms with Crippen molar-refractivity contribution < 1.29 is 4.79 Å². The van der Waals surface area contributed by atoms with Crippen LogP contribution in [0.1, 0.15) is 19.4 Å². The minimum Gasteiger partial charge on any atom is -0.351 e. The molecule has 0 atom stereocenters. The number of amides is 1. The van der Waals surface area contributed by atoms with Gasteiger partial charge in [-0.2, -0.15) is 0 Å². The average molecular weight is 395 g/mol. The molecule has 8 nitrogen and oxygen atoms in total. The van der Waals surface area contributed by atoms with E-state index < -0.39 is 17.2 Å². The fourth-order valence-corrected chi connectivity index (χ4v) is 3.20. The number of nitrogens with zero attached hydrogens (tertiary/aromatic N) is 4. The first kappa shape index (κ1) is 20.3. The van der Waals surface area contributed by atoms with Crippen LogP contribution in [0.2, 0.25) is 0 Å². The van der Waals surface area contributed by atoms with E-state index in [0.29, 0.717) is 17.7 Å². The van der Waals surface area contributed by atoms with E-state index in [1.165, 1.54) is 10.6 Å². The summed E-state index contributed by atoms with van der Waals surface area (Å²) in [7, 11) is 0. The van der Waals surface area contributed by atoms with Crippen molar-refractivity contribution in [3.05, 3.63) is 75.7 Å². The summed E-state index contributed by atoms with van der Waals surface area (Å²) in [6, 6.07) is 9.46. The predicted molar refractivity (Wildman–Crippen MR) is 112 cm³/mol. The second kappa shape index (κ2) is 8.72. The van der Waals surface area contributed by atoms with Crippen LogP contribution >= 0.6 is 0 Å². The Balaban J connectivity index is 2.18. The topological polar surface area (TPSA) is 90.9 Å². The van der Waals surface area contributed by atoms with E-state index in [4.69, 9.17) is 0 Å². The smallest absolute Gasteiger partial charge is 0.333 e. The number of hydrogen-bond acceptors (Lipinski definition) is 4. The fraction of sp³-hybridized carbons (Fsp3) is 0.333. The number of nitrogens with one attached hydrogen (secondary N) is 1. The molecule has 0 bridgehead atoms. The van der Waals surface area contributed by atoms with Crippen molar-refractivity contribution in [2.45, 2.75) is 33.5 Å². The molecular formula is C21H25N5O3. The summed E-state index contributed by atoms with van der Waals surface area (Å²) in [6.07, 6.45) is 3.12. The molecular weight excluding hydrogens is 370 g/mol. The number of fused-ring (bicyclic) bond motifs is 1. The van der Waals surface area contributed by atoms with Gasteiger partial charge in [-0.05, 0) is 11.5 Å². The Morgan fingerprint density at radius 3 is 2.59 bits per heavy atom. The summed E-state index contributed by atoms with van der Waals surface area (Å²) in [6.45, 7) is 8.36. The van der Waals surface area contributed by atoms with Crippen LogP contribution in [0.25, 0.3) is 11.2 Å². The molecule has 0 saturated carbocycles. The van der Waals surface area contributed by atoms with Gasteiger partial charge in [-0.3, -0.25) is 14.2 Å². The molecule has 0 unspecified atom stereocenters. The van der Waals surface area contributed by atoms with E-state index in [1.54, 1.807) is 10.9 Å². The molecule has 8 heteroatoms. The summed E-state index contributed by atoms with van der Waals surface area (Å²) < 4.78 is 4.17. The zero-order valence-electron chi connectivity index (χ0n) is 16.7. The second-order valence-corrected chi connectivity index (χ2v) is 7.30. The molecule has 1 amide bonds. The van der Waals surface area contributed by atoms with E-state index in [0.717, 1.165) is 10.1 Å². The number of imidazole rings is 1. The molecule has 2 heterocycles. The zero-order valence-corrected chi connectivity index (χ0v) is 16.7. The summed E-state index contributed by atoms with van der Waals surface area (Å²) in [4.78, 5) is 42.8. The molecule has 152 valence electrons. The van der Waals surface area contributed by atoms with Gasteiger partial charge in [0.1, 0.15) is 6.54 Å². The SMILES string of the molecule is C=CCNC(=O)Cn1c(=O)c2c(ncn2CC(C)C)n(Cc2ccccc2)c1=O. The number of aromatic nitrogens is 4. The van der Waals surface area contributed by atoms with E-state index in [2.05, 4.69) is 16.9 Å². The Morgan fingerprint density at radius 2 is 1.93 bits per heavy atom. The van der Waals surface area contributed by atoms with Gasteiger partial charge in [0.05, 0.1) is 12.9 Å². The van der Waals surface area contributed by atoms with Crippen LogP contribution in [-0.4, -0.2) is 31.1 Å². The molecule has 3 aromatic rings. The zero-order chi connectivity index (χ0) is 21.0. The molecule has 0 saturated heterocycles. The highest BCUT2D eigenvalue weighted by molar-refractivity contribution is 5.76. The van der Waals surface area contributed by atoms with Gasteiger partial charge in [0.25, 0.3) is 5.56 Å². The Labute approximate surface area is 168 Å². The fourth-order valence-electron chi connectivity index (χ4n) is 3.20. The lowest BCUT2D eigenvalue weighted by Crippen LogP contribution is -2.44. The van der Waals surface area contributed by atoms with E-state index in [9.17, 15) is 14.4 Å². The molecule has 0 spiro atoms. The van der Waals surface area contributed by atoms with Crippen molar-refractivity contribution in [2.75, 3.05) is 6.54 Å². The van der Waals surface area contributed by atoms with Crippen molar-refractivity contribution >= 4 is 17.1 Å². The first-order chi connectivity index (χ1) is 13.9. The third kappa shape index (κ3) is 4.37. The first-order valence-corrected chi connectivity index (χ1v) is 9.52. The maximum atomic E-state index is 13.1. The van der Waals surface area contributed by atoms with Gasteiger partial charge in [0.2, 0.25) is 5.91 Å². The van der Waals surface area contributed by atoms with Gasteiger partial charge >= 0.3 is 5.69 Å². The number of carbonyl (C=O) groups is 1. The van der Waals surface area contributed by atoms with Crippen LogP contribution in [0.5, 0.6) is 0 Å². The molecule has 29 heavy (non-hydrogen) atoms. The Bertz CT molecular complexity index is 1140. The van der Waals surface area contributed by atoms with Crippen LogP contribution < -0.4 is 16.6 Å². The Morgan fingerprint density at radius 1 is 1.21 bits per heavy atom. The van der Waals surface area contributed by atoms with Crippen molar-refractivity contribution in [1.82, 2.24) is 24.0 Å². The normalized spacial score (nSPS) is 11.1. The Kier molecular flexibility index (Phi) is 6.11. The van der Waals surface area contributed by atoms with Crippen molar-refractivity contribution in [3.8, 4) is 0 Å². The quantitative estimate of drug-likeness (QED) is 0.583. The molecule has 3 rings (SSSR count). The third-order valence-electron chi connectivity index (χ3n) is 4.47. The molecule has 1 aromatic carbocycles. The number of rotatable bonds is 8. The monoisotopic (exact) mass is 395 g/mol. The van der Waals surface area contributed by atoms with E-state index >= 15 is 0 Å². The average Bonchev–Trinajstić information content (AvgIpc) is 3.10. The highest BCUT2D eigenvalue weighted by Crippen LogP contribution is 2.11.